The van der Waals surface area contributed by atoms with E-state index in [1.807, 2.05) is 0 Å². The van der Waals surface area contributed by atoms with Crippen molar-refractivity contribution in [2.75, 3.05) is 16.8 Å². The van der Waals surface area contributed by atoms with Crippen LogP contribution in [0.5, 0.6) is 5.75 Å². The number of imide groups is 1. The number of ether oxygens (including phenoxy) is 1. The number of hydrogen-bond donors (Lipinski definition) is 3. The SMILES string of the molecule is CC1(C)C(=O)N(c2ccc(OC(F)(F)F)c(NC(=O)CNC3CCCCC3)c2)C(=O)N1Cc1ccncc1.O=C(O)C(F)(F)F. The molecule has 1 aromatic heterocycles. The molecule has 246 valence electrons. The maximum Gasteiger partial charge on any atom is 0.573 e. The first-order valence-electron chi connectivity index (χ1n) is 13.7. The number of aliphatic carboxylic acids is 1. The first-order valence-corrected chi connectivity index (χ1v) is 13.7. The van der Waals surface area contributed by atoms with Gasteiger partial charge in [-0.25, -0.2) is 14.5 Å². The van der Waals surface area contributed by atoms with Crippen LogP contribution in [0.15, 0.2) is 42.7 Å². The van der Waals surface area contributed by atoms with Crippen LogP contribution in [0, 0.1) is 0 Å². The van der Waals surface area contributed by atoms with Gasteiger partial charge in [-0.15, -0.1) is 13.2 Å². The van der Waals surface area contributed by atoms with Crippen LogP contribution in [-0.2, 0) is 20.9 Å². The Morgan fingerprint density at radius 1 is 1.02 bits per heavy atom. The summed E-state index contributed by atoms with van der Waals surface area (Å²) >= 11 is 0. The molecule has 1 saturated heterocycles. The summed E-state index contributed by atoms with van der Waals surface area (Å²) in [7, 11) is 0. The minimum absolute atomic E-state index is 0.00960. The number of carbonyl (C=O) groups is 4. The summed E-state index contributed by atoms with van der Waals surface area (Å²) < 4.78 is 75.0. The fourth-order valence-corrected chi connectivity index (χ4v) is 4.71. The minimum atomic E-state index is -5.08. The third-order valence-electron chi connectivity index (χ3n) is 7.03. The van der Waals surface area contributed by atoms with Crippen molar-refractivity contribution in [3.05, 3.63) is 48.3 Å². The van der Waals surface area contributed by atoms with Gasteiger partial charge in [0.05, 0.1) is 17.9 Å². The van der Waals surface area contributed by atoms with E-state index in [-0.39, 0.29) is 30.5 Å². The molecular weight excluding hydrogens is 616 g/mol. The second-order valence-corrected chi connectivity index (χ2v) is 10.7. The van der Waals surface area contributed by atoms with E-state index in [1.54, 1.807) is 38.4 Å². The summed E-state index contributed by atoms with van der Waals surface area (Å²) in [6.07, 6.45) is -1.86. The van der Waals surface area contributed by atoms with Crippen LogP contribution in [0.1, 0.15) is 51.5 Å². The van der Waals surface area contributed by atoms with Crippen molar-refractivity contribution in [2.24, 2.45) is 0 Å². The average molecular weight is 648 g/mol. The van der Waals surface area contributed by atoms with Gasteiger partial charge < -0.3 is 25.4 Å². The number of hydrogen-bond acceptors (Lipinski definition) is 7. The van der Waals surface area contributed by atoms with Crippen LogP contribution in [0.25, 0.3) is 0 Å². The second kappa shape index (κ2) is 14.1. The number of carboxylic acid groups (broad SMARTS) is 1. The molecule has 1 aliphatic heterocycles. The van der Waals surface area contributed by atoms with E-state index in [9.17, 15) is 40.7 Å². The number of carbonyl (C=O) groups excluding carboxylic acids is 3. The largest absolute Gasteiger partial charge is 0.573 e. The number of carboxylic acids is 1. The number of aromatic nitrogens is 1. The van der Waals surface area contributed by atoms with Crippen LogP contribution in [-0.4, -0.2) is 69.5 Å². The quantitative estimate of drug-likeness (QED) is 0.262. The van der Waals surface area contributed by atoms with E-state index in [0.29, 0.717) is 0 Å². The number of anilines is 2. The van der Waals surface area contributed by atoms with Crippen LogP contribution in [0.3, 0.4) is 0 Å². The maximum atomic E-state index is 13.4. The molecule has 1 aliphatic carbocycles. The Labute approximate surface area is 253 Å². The first-order chi connectivity index (χ1) is 20.9. The van der Waals surface area contributed by atoms with Gasteiger partial charge >= 0.3 is 24.5 Å². The highest BCUT2D eigenvalue weighted by Gasteiger charge is 2.52. The van der Waals surface area contributed by atoms with E-state index in [0.717, 1.165) is 54.7 Å². The normalized spacial score (nSPS) is 17.1. The van der Waals surface area contributed by atoms with Gasteiger partial charge in [-0.05, 0) is 62.6 Å². The van der Waals surface area contributed by atoms with E-state index < -0.39 is 47.6 Å². The van der Waals surface area contributed by atoms with Gasteiger partial charge in [0.2, 0.25) is 5.91 Å². The molecule has 0 radical (unpaired) electrons. The Bertz CT molecular complexity index is 1380. The first kappa shape index (κ1) is 35.1. The molecule has 45 heavy (non-hydrogen) atoms. The Kier molecular flexibility index (Phi) is 11.0. The Hall–Kier alpha value is -4.41. The van der Waals surface area contributed by atoms with E-state index in [2.05, 4.69) is 20.4 Å². The zero-order valence-electron chi connectivity index (χ0n) is 24.2. The molecular formula is C28H31F6N5O6. The highest BCUT2D eigenvalue weighted by Crippen LogP contribution is 2.38. The van der Waals surface area contributed by atoms with Crippen molar-refractivity contribution in [1.29, 1.82) is 0 Å². The molecule has 4 rings (SSSR count). The molecule has 1 aromatic carbocycles. The average Bonchev–Trinajstić information content (AvgIpc) is 3.12. The van der Waals surface area contributed by atoms with Crippen molar-refractivity contribution in [3.63, 3.8) is 0 Å². The maximum absolute atomic E-state index is 13.4. The van der Waals surface area contributed by atoms with E-state index >= 15 is 0 Å². The topological polar surface area (TPSA) is 141 Å². The molecule has 11 nitrogen and oxygen atoms in total. The molecule has 2 aromatic rings. The van der Waals surface area contributed by atoms with Gasteiger partial charge in [0, 0.05) is 25.0 Å². The second-order valence-electron chi connectivity index (χ2n) is 10.7. The number of benzene rings is 1. The molecule has 0 unspecified atom stereocenters. The lowest BCUT2D eigenvalue weighted by molar-refractivity contribution is -0.274. The molecule has 17 heteroatoms. The molecule has 0 bridgehead atoms. The number of nitrogens with zero attached hydrogens (tertiary/aromatic N) is 3. The van der Waals surface area contributed by atoms with Crippen molar-refractivity contribution in [1.82, 2.24) is 15.2 Å². The number of alkyl halides is 6. The summed E-state index contributed by atoms with van der Waals surface area (Å²) in [5.41, 5.74) is -0.769. The highest BCUT2D eigenvalue weighted by atomic mass is 19.4. The summed E-state index contributed by atoms with van der Waals surface area (Å²) in [6.45, 7) is 3.21. The van der Waals surface area contributed by atoms with Crippen molar-refractivity contribution < 1.29 is 55.4 Å². The van der Waals surface area contributed by atoms with Crippen molar-refractivity contribution in [2.45, 2.75) is 76.6 Å². The predicted octanol–water partition coefficient (Wildman–Crippen LogP) is 5.22. The van der Waals surface area contributed by atoms with Gasteiger partial charge in [-0.1, -0.05) is 19.3 Å². The minimum Gasteiger partial charge on any atom is -0.475 e. The monoisotopic (exact) mass is 647 g/mol. The molecule has 1 saturated carbocycles. The molecule has 2 heterocycles. The number of urea groups is 1. The van der Waals surface area contributed by atoms with Crippen LogP contribution < -0.4 is 20.3 Å². The Morgan fingerprint density at radius 2 is 1.62 bits per heavy atom. The summed E-state index contributed by atoms with van der Waals surface area (Å²) in [5.74, 6) is -4.54. The number of pyridine rings is 1. The summed E-state index contributed by atoms with van der Waals surface area (Å²) in [4.78, 5) is 54.4. The van der Waals surface area contributed by atoms with Crippen LogP contribution in [0.2, 0.25) is 0 Å². The van der Waals surface area contributed by atoms with Gasteiger partial charge in [-0.3, -0.25) is 14.6 Å². The lowest BCUT2D eigenvalue weighted by atomic mass is 9.95. The van der Waals surface area contributed by atoms with Crippen molar-refractivity contribution in [3.8, 4) is 5.75 Å². The molecule has 2 fully saturated rings. The number of nitrogens with one attached hydrogen (secondary N) is 2. The lowest BCUT2D eigenvalue weighted by Gasteiger charge is -2.27. The number of amides is 4. The zero-order valence-corrected chi connectivity index (χ0v) is 24.2. The highest BCUT2D eigenvalue weighted by molar-refractivity contribution is 6.23. The molecule has 0 atom stereocenters. The fourth-order valence-electron chi connectivity index (χ4n) is 4.71. The molecule has 2 aliphatic rings. The van der Waals surface area contributed by atoms with Crippen LogP contribution in [0.4, 0.5) is 42.5 Å². The van der Waals surface area contributed by atoms with Gasteiger partial charge in [0.25, 0.3) is 5.91 Å². The summed E-state index contributed by atoms with van der Waals surface area (Å²) in [5, 5.41) is 12.7. The molecule has 4 amide bonds. The third kappa shape index (κ3) is 9.54. The van der Waals surface area contributed by atoms with Gasteiger partial charge in [0.1, 0.15) is 5.54 Å². The number of halogens is 6. The van der Waals surface area contributed by atoms with Gasteiger partial charge in [-0.2, -0.15) is 13.2 Å². The smallest absolute Gasteiger partial charge is 0.475 e. The molecule has 0 spiro atoms. The molecule has 3 N–H and O–H groups in total. The Balaban J connectivity index is 0.000000707. The van der Waals surface area contributed by atoms with E-state index in [1.165, 1.54) is 11.0 Å². The van der Waals surface area contributed by atoms with Crippen molar-refractivity contribution >= 4 is 35.2 Å². The predicted molar refractivity (Wildman–Crippen MR) is 147 cm³/mol. The lowest BCUT2D eigenvalue weighted by Crippen LogP contribution is -2.43. The van der Waals surface area contributed by atoms with Crippen LogP contribution >= 0.6 is 0 Å². The standard InChI is InChI=1S/C26H30F3N5O4.C2HF3O2/c1-25(2)23(36)34(24(37)33(25)16-17-10-12-30-13-11-17)19-8-9-21(38-26(27,28)29)20(14-19)32-22(35)15-31-18-6-4-3-5-7-18;3-2(4,5)1(6)7/h8-14,18,31H,3-7,15-16H2,1-2H3,(H,32,35);(H,6,7). The van der Waals surface area contributed by atoms with Gasteiger partial charge in [0.15, 0.2) is 5.75 Å². The fraction of sp³-hybridized carbons (Fsp3) is 0.464. The van der Waals surface area contributed by atoms with E-state index in [4.69, 9.17) is 9.90 Å². The number of rotatable bonds is 8. The summed E-state index contributed by atoms with van der Waals surface area (Å²) in [6, 6.07) is 6.26. The third-order valence-corrected chi connectivity index (χ3v) is 7.03. The Morgan fingerprint density at radius 3 is 2.18 bits per heavy atom. The zero-order chi connectivity index (χ0) is 33.6.